The van der Waals surface area contributed by atoms with Crippen molar-refractivity contribution in [2.45, 2.75) is 53.1 Å². The fourth-order valence-corrected chi connectivity index (χ4v) is 3.09. The number of halogens is 3. The summed E-state index contributed by atoms with van der Waals surface area (Å²) in [6.07, 6.45) is -2.78. The van der Waals surface area contributed by atoms with Crippen molar-refractivity contribution >= 4 is 6.03 Å². The molecule has 23 heavy (non-hydrogen) atoms. The van der Waals surface area contributed by atoms with E-state index in [1.54, 1.807) is 13.8 Å². The highest BCUT2D eigenvalue weighted by Gasteiger charge is 2.51. The lowest BCUT2D eigenvalue weighted by molar-refractivity contribution is -0.214. The summed E-state index contributed by atoms with van der Waals surface area (Å²) in [4.78, 5) is 13.6. The van der Waals surface area contributed by atoms with Gasteiger partial charge < -0.3 is 15.3 Å². The van der Waals surface area contributed by atoms with Crippen molar-refractivity contribution in [3.05, 3.63) is 0 Å². The zero-order valence-corrected chi connectivity index (χ0v) is 14.5. The SMILES string of the molecule is CC(C)(CO)CCCNC(=O)N1CCC(C(F)(F)F)C(C)(C)C1. The number of carbonyl (C=O) groups excluding carboxylic acids is 1. The lowest BCUT2D eigenvalue weighted by atomic mass is 9.73. The van der Waals surface area contributed by atoms with Crippen LogP contribution in [-0.4, -0.2) is 48.5 Å². The van der Waals surface area contributed by atoms with Crippen LogP contribution in [-0.2, 0) is 0 Å². The fraction of sp³-hybridized carbons (Fsp3) is 0.938. The molecular weight excluding hydrogens is 309 g/mol. The number of aliphatic hydroxyl groups excluding tert-OH is 1. The van der Waals surface area contributed by atoms with Gasteiger partial charge in [0.2, 0.25) is 0 Å². The van der Waals surface area contributed by atoms with E-state index >= 15 is 0 Å². The van der Waals surface area contributed by atoms with Gasteiger partial charge in [0, 0.05) is 26.2 Å². The van der Waals surface area contributed by atoms with Crippen LogP contribution in [0.3, 0.4) is 0 Å². The largest absolute Gasteiger partial charge is 0.396 e. The average molecular weight is 338 g/mol. The van der Waals surface area contributed by atoms with Gasteiger partial charge in [0.05, 0.1) is 5.92 Å². The lowest BCUT2D eigenvalue weighted by Crippen LogP contribution is -2.54. The maximum atomic E-state index is 13.0. The second-order valence-corrected chi connectivity index (χ2v) is 7.95. The van der Waals surface area contributed by atoms with Crippen molar-refractivity contribution < 1.29 is 23.1 Å². The summed E-state index contributed by atoms with van der Waals surface area (Å²) in [6, 6.07) is -0.305. The minimum atomic E-state index is -4.22. The minimum absolute atomic E-state index is 0.0541. The van der Waals surface area contributed by atoms with Crippen molar-refractivity contribution in [2.75, 3.05) is 26.2 Å². The molecule has 0 saturated carbocycles. The molecule has 0 spiro atoms. The minimum Gasteiger partial charge on any atom is -0.396 e. The Morgan fingerprint density at radius 2 is 1.96 bits per heavy atom. The van der Waals surface area contributed by atoms with Crippen LogP contribution >= 0.6 is 0 Å². The molecule has 1 aliphatic heterocycles. The van der Waals surface area contributed by atoms with Crippen molar-refractivity contribution in [2.24, 2.45) is 16.7 Å². The molecule has 1 fully saturated rings. The first kappa shape index (κ1) is 20.1. The monoisotopic (exact) mass is 338 g/mol. The van der Waals surface area contributed by atoms with Crippen LogP contribution in [0.25, 0.3) is 0 Å². The number of alkyl halides is 3. The van der Waals surface area contributed by atoms with Crippen LogP contribution in [0.5, 0.6) is 0 Å². The van der Waals surface area contributed by atoms with Crippen LogP contribution in [0.2, 0.25) is 0 Å². The van der Waals surface area contributed by atoms with Crippen LogP contribution in [0.4, 0.5) is 18.0 Å². The van der Waals surface area contributed by atoms with E-state index in [2.05, 4.69) is 5.32 Å². The van der Waals surface area contributed by atoms with Crippen LogP contribution in [0, 0.1) is 16.7 Å². The molecule has 0 aliphatic carbocycles. The highest BCUT2D eigenvalue weighted by atomic mass is 19.4. The van der Waals surface area contributed by atoms with Gasteiger partial charge in [0.1, 0.15) is 0 Å². The lowest BCUT2D eigenvalue weighted by Gasteiger charge is -2.44. The van der Waals surface area contributed by atoms with E-state index in [0.717, 1.165) is 12.8 Å². The number of piperidine rings is 1. The third-order valence-electron chi connectivity index (χ3n) is 4.65. The van der Waals surface area contributed by atoms with E-state index in [9.17, 15) is 18.0 Å². The normalized spacial score (nSPS) is 22.1. The predicted octanol–water partition coefficient (Wildman–Crippen LogP) is 3.41. The maximum absolute atomic E-state index is 13.0. The number of nitrogens with one attached hydrogen (secondary N) is 1. The molecular formula is C16H29F3N2O2. The van der Waals surface area contributed by atoms with Crippen LogP contribution < -0.4 is 5.32 Å². The Labute approximate surface area is 136 Å². The number of nitrogens with zero attached hydrogens (tertiary/aromatic N) is 1. The second kappa shape index (κ2) is 7.28. The highest BCUT2D eigenvalue weighted by molar-refractivity contribution is 5.74. The molecule has 0 aromatic heterocycles. The Balaban J connectivity index is 2.45. The summed E-state index contributed by atoms with van der Waals surface area (Å²) in [7, 11) is 0. The Morgan fingerprint density at radius 3 is 2.43 bits per heavy atom. The summed E-state index contributed by atoms with van der Waals surface area (Å²) in [5.74, 6) is -1.37. The van der Waals surface area contributed by atoms with E-state index in [1.807, 2.05) is 13.8 Å². The summed E-state index contributed by atoms with van der Waals surface area (Å²) < 4.78 is 39.1. The summed E-state index contributed by atoms with van der Waals surface area (Å²) >= 11 is 0. The molecule has 1 rings (SSSR count). The number of rotatable bonds is 5. The van der Waals surface area contributed by atoms with Gasteiger partial charge in [-0.3, -0.25) is 0 Å². The molecule has 1 saturated heterocycles. The number of aliphatic hydroxyl groups is 1. The molecule has 2 N–H and O–H groups in total. The Bertz CT molecular complexity index is 409. The zero-order valence-electron chi connectivity index (χ0n) is 14.5. The average Bonchev–Trinajstić information content (AvgIpc) is 2.40. The van der Waals surface area contributed by atoms with E-state index in [4.69, 9.17) is 5.11 Å². The van der Waals surface area contributed by atoms with Gasteiger partial charge in [-0.1, -0.05) is 27.7 Å². The Morgan fingerprint density at radius 1 is 1.35 bits per heavy atom. The number of hydrogen-bond donors (Lipinski definition) is 2. The molecule has 7 heteroatoms. The van der Waals surface area contributed by atoms with E-state index in [-0.39, 0.29) is 37.6 Å². The molecule has 1 aliphatic rings. The molecule has 0 bridgehead atoms. The summed E-state index contributed by atoms with van der Waals surface area (Å²) in [5.41, 5.74) is -1.16. The standard InChI is InChI=1S/C16H29F3N2O2/c1-14(2,11-22)7-5-8-20-13(23)21-9-6-12(16(17,18)19)15(3,4)10-21/h12,22H,5-11H2,1-4H3,(H,20,23). The fourth-order valence-electron chi connectivity index (χ4n) is 3.09. The van der Waals surface area contributed by atoms with Gasteiger partial charge in [-0.25, -0.2) is 4.79 Å². The summed E-state index contributed by atoms with van der Waals surface area (Å²) in [5, 5.41) is 11.9. The molecule has 0 aromatic carbocycles. The van der Waals surface area contributed by atoms with Crippen LogP contribution in [0.1, 0.15) is 47.0 Å². The topological polar surface area (TPSA) is 52.6 Å². The van der Waals surface area contributed by atoms with Crippen molar-refractivity contribution in [3.8, 4) is 0 Å². The number of urea groups is 1. The Kier molecular flexibility index (Phi) is 6.35. The first-order valence-electron chi connectivity index (χ1n) is 8.09. The smallest absolute Gasteiger partial charge is 0.392 e. The molecule has 4 nitrogen and oxygen atoms in total. The molecule has 1 atom stereocenters. The third kappa shape index (κ3) is 5.86. The zero-order chi connectivity index (χ0) is 17.9. The first-order chi connectivity index (χ1) is 10.4. The van der Waals surface area contributed by atoms with Gasteiger partial charge in [-0.2, -0.15) is 13.2 Å². The van der Waals surface area contributed by atoms with Crippen molar-refractivity contribution in [3.63, 3.8) is 0 Å². The van der Waals surface area contributed by atoms with E-state index in [0.29, 0.717) is 6.54 Å². The molecule has 1 unspecified atom stereocenters. The molecule has 0 radical (unpaired) electrons. The van der Waals surface area contributed by atoms with Crippen LogP contribution in [0.15, 0.2) is 0 Å². The summed E-state index contributed by atoms with van der Waals surface area (Å²) in [6.45, 7) is 7.79. The van der Waals surface area contributed by atoms with Crippen molar-refractivity contribution in [1.29, 1.82) is 0 Å². The quantitative estimate of drug-likeness (QED) is 0.755. The number of amides is 2. The van der Waals surface area contributed by atoms with Gasteiger partial charge in [0.25, 0.3) is 0 Å². The maximum Gasteiger partial charge on any atom is 0.392 e. The second-order valence-electron chi connectivity index (χ2n) is 7.95. The van der Waals surface area contributed by atoms with Crippen molar-refractivity contribution in [1.82, 2.24) is 10.2 Å². The number of hydrogen-bond acceptors (Lipinski definition) is 2. The van der Waals surface area contributed by atoms with E-state index < -0.39 is 17.5 Å². The molecule has 136 valence electrons. The molecule has 2 amide bonds. The van der Waals surface area contributed by atoms with Gasteiger partial charge in [-0.05, 0) is 30.1 Å². The highest BCUT2D eigenvalue weighted by Crippen LogP contribution is 2.44. The number of carbonyl (C=O) groups is 1. The third-order valence-corrected chi connectivity index (χ3v) is 4.65. The van der Waals surface area contributed by atoms with Gasteiger partial charge in [-0.15, -0.1) is 0 Å². The predicted molar refractivity (Wildman–Crippen MR) is 83.0 cm³/mol. The molecule has 1 heterocycles. The van der Waals surface area contributed by atoms with Gasteiger partial charge >= 0.3 is 12.2 Å². The number of likely N-dealkylation sites (tertiary alicyclic amines) is 1. The Hall–Kier alpha value is -0.980. The molecule has 0 aromatic rings. The van der Waals surface area contributed by atoms with E-state index in [1.165, 1.54) is 4.90 Å². The van der Waals surface area contributed by atoms with Gasteiger partial charge in [0.15, 0.2) is 0 Å². The first-order valence-corrected chi connectivity index (χ1v) is 8.09.